The fourth-order valence-electron chi connectivity index (χ4n) is 1.90. The predicted octanol–water partition coefficient (Wildman–Crippen LogP) is 0.782. The summed E-state index contributed by atoms with van der Waals surface area (Å²) in [4.78, 5) is 27.3. The van der Waals surface area contributed by atoms with Crippen molar-refractivity contribution in [2.75, 3.05) is 23.8 Å². The van der Waals surface area contributed by atoms with Gasteiger partial charge in [-0.3, -0.25) is 9.59 Å². The molecule has 1 aliphatic rings. The highest BCUT2D eigenvalue weighted by Crippen LogP contribution is 2.19. The van der Waals surface area contributed by atoms with E-state index in [4.69, 9.17) is 9.47 Å². The molecule has 2 amide bonds. The van der Waals surface area contributed by atoms with Gasteiger partial charge in [0, 0.05) is 13.1 Å². The van der Waals surface area contributed by atoms with Crippen molar-refractivity contribution in [1.29, 1.82) is 0 Å². The summed E-state index contributed by atoms with van der Waals surface area (Å²) in [5.41, 5.74) is 0.425. The summed E-state index contributed by atoms with van der Waals surface area (Å²) < 4.78 is 10.8. The zero-order chi connectivity index (χ0) is 14.5. The molecule has 0 bridgehead atoms. The average molecular weight is 279 g/mol. The monoisotopic (exact) mass is 279 g/mol. The average Bonchev–Trinajstić information content (AvgIpc) is 2.41. The van der Waals surface area contributed by atoms with E-state index in [2.05, 4.69) is 15.6 Å². The lowest BCUT2D eigenvalue weighted by molar-refractivity contribution is -0.157. The van der Waals surface area contributed by atoms with Gasteiger partial charge in [-0.25, -0.2) is 4.98 Å². The topological polar surface area (TPSA) is 89.6 Å². The molecule has 7 nitrogen and oxygen atoms in total. The maximum atomic E-state index is 12.2. The number of ether oxygens (including phenoxy) is 2. The molecule has 108 valence electrons. The third-order valence-corrected chi connectivity index (χ3v) is 2.81. The number of carbonyl (C=O) groups excluding carboxylic acids is 2. The van der Waals surface area contributed by atoms with Crippen molar-refractivity contribution in [3.05, 3.63) is 18.3 Å². The first-order valence-corrected chi connectivity index (χ1v) is 6.34. The molecule has 1 aliphatic heterocycles. The number of nitrogens with zero attached hydrogens (tertiary/aromatic N) is 1. The molecule has 1 aromatic rings. The van der Waals surface area contributed by atoms with E-state index in [9.17, 15) is 9.59 Å². The van der Waals surface area contributed by atoms with Gasteiger partial charge in [-0.05, 0) is 19.1 Å². The third kappa shape index (κ3) is 3.52. The molecule has 2 heterocycles. The van der Waals surface area contributed by atoms with Gasteiger partial charge in [-0.2, -0.15) is 0 Å². The number of carbonyl (C=O) groups is 2. The zero-order valence-corrected chi connectivity index (χ0v) is 11.4. The van der Waals surface area contributed by atoms with Crippen molar-refractivity contribution in [2.45, 2.75) is 26.1 Å². The molecule has 0 aromatic carbocycles. The van der Waals surface area contributed by atoms with E-state index < -0.39 is 6.10 Å². The van der Waals surface area contributed by atoms with Crippen LogP contribution in [-0.4, -0.2) is 42.2 Å². The van der Waals surface area contributed by atoms with Crippen LogP contribution >= 0.6 is 0 Å². The highest BCUT2D eigenvalue weighted by Gasteiger charge is 2.30. The van der Waals surface area contributed by atoms with Gasteiger partial charge in [0.05, 0.1) is 25.0 Å². The Morgan fingerprint density at radius 3 is 2.75 bits per heavy atom. The molecule has 0 unspecified atom stereocenters. The molecule has 2 N–H and O–H groups in total. The molecular weight excluding hydrogens is 262 g/mol. The molecule has 1 saturated heterocycles. The lowest BCUT2D eigenvalue weighted by Crippen LogP contribution is -2.44. The molecule has 1 fully saturated rings. The highest BCUT2D eigenvalue weighted by atomic mass is 16.6. The minimum Gasteiger partial charge on any atom is -0.373 e. The molecule has 0 aliphatic carbocycles. The van der Waals surface area contributed by atoms with Crippen molar-refractivity contribution >= 4 is 23.3 Å². The summed E-state index contributed by atoms with van der Waals surface area (Å²) >= 11 is 0. The first-order valence-electron chi connectivity index (χ1n) is 6.34. The quantitative estimate of drug-likeness (QED) is 0.853. The van der Waals surface area contributed by atoms with E-state index in [0.29, 0.717) is 24.7 Å². The number of hydrogen-bond donors (Lipinski definition) is 2. The Morgan fingerprint density at radius 1 is 1.30 bits per heavy atom. The predicted molar refractivity (Wildman–Crippen MR) is 72.3 cm³/mol. The summed E-state index contributed by atoms with van der Waals surface area (Å²) in [6, 6.07) is 3.33. The Balaban J connectivity index is 2.09. The van der Waals surface area contributed by atoms with Crippen LogP contribution in [0.15, 0.2) is 18.3 Å². The van der Waals surface area contributed by atoms with Crippen molar-refractivity contribution in [1.82, 2.24) is 4.98 Å². The molecule has 1 aromatic heterocycles. The number of nitrogens with one attached hydrogen (secondary N) is 2. The number of rotatable bonds is 3. The SMILES string of the molecule is CC(=O)Nc1ncccc1NC(=O)[C@H]1OCCO[C@H]1C. The Kier molecular flexibility index (Phi) is 4.65. The second kappa shape index (κ2) is 6.44. The Hall–Kier alpha value is -1.99. The van der Waals surface area contributed by atoms with E-state index in [0.717, 1.165) is 0 Å². The molecule has 2 rings (SSSR count). The summed E-state index contributed by atoms with van der Waals surface area (Å²) in [5.74, 6) is -0.278. The maximum Gasteiger partial charge on any atom is 0.256 e. The number of pyridine rings is 1. The van der Waals surface area contributed by atoms with Gasteiger partial charge in [0.15, 0.2) is 11.9 Å². The molecule has 7 heteroatoms. The standard InChI is InChI=1S/C13H17N3O4/c1-8-11(20-7-6-19-8)13(18)16-10-4-3-5-14-12(10)15-9(2)17/h3-5,8,11H,6-7H2,1-2H3,(H,16,18)(H,14,15,17)/t8-,11-/m0/s1. The van der Waals surface area contributed by atoms with Gasteiger partial charge in [0.1, 0.15) is 0 Å². The van der Waals surface area contributed by atoms with Gasteiger partial charge < -0.3 is 20.1 Å². The van der Waals surface area contributed by atoms with Gasteiger partial charge in [-0.1, -0.05) is 0 Å². The summed E-state index contributed by atoms with van der Waals surface area (Å²) in [6.07, 6.45) is 0.544. The van der Waals surface area contributed by atoms with Crippen LogP contribution in [0.5, 0.6) is 0 Å². The first-order chi connectivity index (χ1) is 9.58. The van der Waals surface area contributed by atoms with Gasteiger partial charge in [0.2, 0.25) is 5.91 Å². The zero-order valence-electron chi connectivity index (χ0n) is 11.4. The number of aromatic nitrogens is 1. The van der Waals surface area contributed by atoms with E-state index >= 15 is 0 Å². The summed E-state index contributed by atoms with van der Waals surface area (Å²) in [5, 5.41) is 5.25. The van der Waals surface area contributed by atoms with Crippen LogP contribution in [0.4, 0.5) is 11.5 Å². The fraction of sp³-hybridized carbons (Fsp3) is 0.462. The largest absolute Gasteiger partial charge is 0.373 e. The van der Waals surface area contributed by atoms with Crippen molar-refractivity contribution in [3.8, 4) is 0 Å². The molecular formula is C13H17N3O4. The smallest absolute Gasteiger partial charge is 0.256 e. The molecule has 2 atom stereocenters. The van der Waals surface area contributed by atoms with Gasteiger partial charge in [-0.15, -0.1) is 0 Å². The van der Waals surface area contributed by atoms with Crippen molar-refractivity contribution in [3.63, 3.8) is 0 Å². The third-order valence-electron chi connectivity index (χ3n) is 2.81. The number of anilines is 2. The Labute approximate surface area is 116 Å². The minimum absolute atomic E-state index is 0.259. The summed E-state index contributed by atoms with van der Waals surface area (Å²) in [6.45, 7) is 4.02. The van der Waals surface area contributed by atoms with Crippen LogP contribution in [0.3, 0.4) is 0 Å². The minimum atomic E-state index is -0.672. The van der Waals surface area contributed by atoms with Crippen LogP contribution in [0.1, 0.15) is 13.8 Å². The van der Waals surface area contributed by atoms with E-state index in [1.165, 1.54) is 13.1 Å². The van der Waals surface area contributed by atoms with Crippen LogP contribution < -0.4 is 10.6 Å². The van der Waals surface area contributed by atoms with Crippen molar-refractivity contribution in [2.24, 2.45) is 0 Å². The Morgan fingerprint density at radius 2 is 2.05 bits per heavy atom. The van der Waals surface area contributed by atoms with E-state index in [-0.39, 0.29) is 17.9 Å². The molecule has 20 heavy (non-hydrogen) atoms. The van der Waals surface area contributed by atoms with Crippen LogP contribution in [0, 0.1) is 0 Å². The first kappa shape index (κ1) is 14.4. The van der Waals surface area contributed by atoms with Crippen LogP contribution in [-0.2, 0) is 19.1 Å². The lowest BCUT2D eigenvalue weighted by atomic mass is 10.2. The highest BCUT2D eigenvalue weighted by molar-refractivity contribution is 5.99. The second-order valence-electron chi connectivity index (χ2n) is 4.44. The normalized spacial score (nSPS) is 22.1. The van der Waals surface area contributed by atoms with Crippen LogP contribution in [0.2, 0.25) is 0 Å². The number of hydrogen-bond acceptors (Lipinski definition) is 5. The Bertz CT molecular complexity index is 506. The molecule has 0 spiro atoms. The fourth-order valence-corrected chi connectivity index (χ4v) is 1.90. The van der Waals surface area contributed by atoms with E-state index in [1.54, 1.807) is 19.1 Å². The van der Waals surface area contributed by atoms with Gasteiger partial charge >= 0.3 is 0 Å². The molecule has 0 saturated carbocycles. The number of amides is 2. The van der Waals surface area contributed by atoms with Crippen LogP contribution in [0.25, 0.3) is 0 Å². The second-order valence-corrected chi connectivity index (χ2v) is 4.44. The lowest BCUT2D eigenvalue weighted by Gasteiger charge is -2.28. The molecule has 0 radical (unpaired) electrons. The van der Waals surface area contributed by atoms with Crippen molar-refractivity contribution < 1.29 is 19.1 Å². The van der Waals surface area contributed by atoms with Gasteiger partial charge in [0.25, 0.3) is 5.91 Å². The van der Waals surface area contributed by atoms with E-state index in [1.807, 2.05) is 0 Å². The summed E-state index contributed by atoms with van der Waals surface area (Å²) in [7, 11) is 0. The maximum absolute atomic E-state index is 12.2.